The Kier molecular flexibility index (Phi) is 6.26. The number of hydrogen-bond acceptors (Lipinski definition) is 5. The molecule has 0 radical (unpaired) electrons. The van der Waals surface area contributed by atoms with Gasteiger partial charge in [0.2, 0.25) is 10.0 Å². The van der Waals surface area contributed by atoms with Crippen molar-refractivity contribution in [3.05, 3.63) is 27.7 Å². The van der Waals surface area contributed by atoms with Gasteiger partial charge in [-0.15, -0.1) is 0 Å². The van der Waals surface area contributed by atoms with Crippen LogP contribution in [-0.4, -0.2) is 58.6 Å². The molecule has 25 heavy (non-hydrogen) atoms. The summed E-state index contributed by atoms with van der Waals surface area (Å²) >= 11 is 3.24. The third-order valence-corrected chi connectivity index (χ3v) is 6.32. The van der Waals surface area contributed by atoms with E-state index in [4.69, 9.17) is 9.88 Å². The Bertz CT molecular complexity index is 759. The number of halogens is 1. The lowest BCUT2D eigenvalue weighted by atomic mass is 9.88. The summed E-state index contributed by atoms with van der Waals surface area (Å²) in [7, 11) is 0.0664. The standard InChI is InChI=1S/C16H24BrN3O4S/c1-11-13(8-12(17)9-14(11)25(18,22)23)15(21)19-10-16(20(2)3)4-6-24-7-5-16/h8-9H,4-7,10H2,1-3H3,(H,19,21)(H2,18,22,23). The van der Waals surface area contributed by atoms with Crippen molar-refractivity contribution in [2.24, 2.45) is 5.14 Å². The number of carbonyl (C=O) groups is 1. The van der Waals surface area contributed by atoms with Gasteiger partial charge >= 0.3 is 0 Å². The SMILES string of the molecule is Cc1c(C(=O)NCC2(N(C)C)CCOCC2)cc(Br)cc1S(N)(=O)=O. The van der Waals surface area contributed by atoms with Crippen molar-refractivity contribution in [2.75, 3.05) is 33.9 Å². The quantitative estimate of drug-likeness (QED) is 0.727. The first-order chi connectivity index (χ1) is 11.6. The summed E-state index contributed by atoms with van der Waals surface area (Å²) in [5.74, 6) is -0.323. The number of ether oxygens (including phenoxy) is 1. The molecule has 0 bridgehead atoms. The molecule has 1 fully saturated rings. The molecule has 1 amide bonds. The molecule has 1 aliphatic rings. The summed E-state index contributed by atoms with van der Waals surface area (Å²) in [5, 5.41) is 8.19. The van der Waals surface area contributed by atoms with Crippen LogP contribution in [-0.2, 0) is 14.8 Å². The average molecular weight is 434 g/mol. The molecule has 9 heteroatoms. The maximum absolute atomic E-state index is 12.7. The van der Waals surface area contributed by atoms with Gasteiger partial charge in [0.05, 0.1) is 4.90 Å². The third-order valence-electron chi connectivity index (χ3n) is 4.83. The molecule has 1 heterocycles. The lowest BCUT2D eigenvalue weighted by molar-refractivity contribution is -0.00658. The van der Waals surface area contributed by atoms with E-state index in [1.807, 2.05) is 14.1 Å². The smallest absolute Gasteiger partial charge is 0.251 e. The summed E-state index contributed by atoms with van der Waals surface area (Å²) in [6.45, 7) is 3.34. The molecule has 1 aromatic rings. The zero-order chi connectivity index (χ0) is 18.8. The number of hydrogen-bond donors (Lipinski definition) is 2. The van der Waals surface area contributed by atoms with Gasteiger partial charge in [-0.1, -0.05) is 15.9 Å². The highest BCUT2D eigenvalue weighted by molar-refractivity contribution is 9.10. The van der Waals surface area contributed by atoms with Crippen molar-refractivity contribution in [3.63, 3.8) is 0 Å². The van der Waals surface area contributed by atoms with E-state index in [1.54, 1.807) is 13.0 Å². The number of nitrogens with two attached hydrogens (primary N) is 1. The van der Waals surface area contributed by atoms with Crippen molar-refractivity contribution >= 4 is 31.9 Å². The topological polar surface area (TPSA) is 102 Å². The van der Waals surface area contributed by atoms with Gasteiger partial charge in [0.15, 0.2) is 0 Å². The van der Waals surface area contributed by atoms with E-state index in [2.05, 4.69) is 26.1 Å². The summed E-state index contributed by atoms with van der Waals surface area (Å²) in [5.41, 5.74) is 0.463. The molecule has 140 valence electrons. The zero-order valence-corrected chi connectivity index (χ0v) is 17.0. The Morgan fingerprint density at radius 3 is 2.48 bits per heavy atom. The Labute approximate surface area is 157 Å². The van der Waals surface area contributed by atoms with Gasteiger partial charge in [0, 0.05) is 35.3 Å². The largest absolute Gasteiger partial charge is 0.381 e. The second-order valence-corrected chi connectivity index (χ2v) is 8.98. The highest BCUT2D eigenvalue weighted by Gasteiger charge is 2.35. The molecular weight excluding hydrogens is 410 g/mol. The summed E-state index contributed by atoms with van der Waals surface area (Å²) in [6, 6.07) is 3.01. The average Bonchev–Trinajstić information content (AvgIpc) is 2.54. The lowest BCUT2D eigenvalue weighted by Gasteiger charge is -2.42. The number of amides is 1. The number of sulfonamides is 1. The minimum atomic E-state index is -3.91. The van der Waals surface area contributed by atoms with Crippen molar-refractivity contribution < 1.29 is 17.9 Å². The van der Waals surface area contributed by atoms with E-state index in [-0.39, 0.29) is 16.3 Å². The normalized spacial score (nSPS) is 17.5. The van der Waals surface area contributed by atoms with Crippen LogP contribution in [0.4, 0.5) is 0 Å². The summed E-state index contributed by atoms with van der Waals surface area (Å²) in [6.07, 6.45) is 1.64. The molecule has 0 spiro atoms. The van der Waals surface area contributed by atoms with E-state index < -0.39 is 10.0 Å². The van der Waals surface area contributed by atoms with Crippen molar-refractivity contribution in [3.8, 4) is 0 Å². The number of likely N-dealkylation sites (N-methyl/N-ethyl adjacent to an activating group) is 1. The van der Waals surface area contributed by atoms with Crippen LogP contribution in [0, 0.1) is 6.92 Å². The summed E-state index contributed by atoms with van der Waals surface area (Å²) in [4.78, 5) is 14.7. The third kappa shape index (κ3) is 4.59. The van der Waals surface area contributed by atoms with E-state index in [9.17, 15) is 13.2 Å². The highest BCUT2D eigenvalue weighted by atomic mass is 79.9. The molecule has 0 saturated carbocycles. The Hall–Kier alpha value is -1.00. The molecule has 0 atom stereocenters. The van der Waals surface area contributed by atoms with Gasteiger partial charge in [-0.05, 0) is 51.6 Å². The molecule has 1 saturated heterocycles. The molecular formula is C16H24BrN3O4S. The van der Waals surface area contributed by atoms with E-state index in [0.29, 0.717) is 35.4 Å². The van der Waals surface area contributed by atoms with Crippen LogP contribution in [0.15, 0.2) is 21.5 Å². The minimum Gasteiger partial charge on any atom is -0.381 e. The minimum absolute atomic E-state index is 0.0552. The van der Waals surface area contributed by atoms with Crippen molar-refractivity contribution in [1.29, 1.82) is 0 Å². The maximum Gasteiger partial charge on any atom is 0.251 e. The number of nitrogens with one attached hydrogen (secondary N) is 1. The van der Waals surface area contributed by atoms with E-state index >= 15 is 0 Å². The Balaban J connectivity index is 2.25. The monoisotopic (exact) mass is 433 g/mol. The van der Waals surface area contributed by atoms with E-state index in [0.717, 1.165) is 12.8 Å². The van der Waals surface area contributed by atoms with Crippen LogP contribution in [0.3, 0.4) is 0 Å². The molecule has 3 N–H and O–H groups in total. The first-order valence-electron chi connectivity index (χ1n) is 7.93. The fraction of sp³-hybridized carbons (Fsp3) is 0.562. The van der Waals surface area contributed by atoms with Gasteiger partial charge in [-0.2, -0.15) is 0 Å². The first-order valence-corrected chi connectivity index (χ1v) is 10.3. The molecule has 1 aliphatic heterocycles. The number of nitrogens with zero attached hydrogens (tertiary/aromatic N) is 1. The molecule has 1 aromatic carbocycles. The Morgan fingerprint density at radius 2 is 1.96 bits per heavy atom. The number of carbonyl (C=O) groups excluding carboxylic acids is 1. The first kappa shape index (κ1) is 20.3. The maximum atomic E-state index is 12.7. The van der Waals surface area contributed by atoms with Gasteiger partial charge in [-0.3, -0.25) is 4.79 Å². The predicted octanol–water partition coefficient (Wildman–Crippen LogP) is 1.25. The van der Waals surface area contributed by atoms with Crippen molar-refractivity contribution in [1.82, 2.24) is 10.2 Å². The number of primary sulfonamides is 1. The van der Waals surface area contributed by atoms with Crippen LogP contribution in [0.5, 0.6) is 0 Å². The zero-order valence-electron chi connectivity index (χ0n) is 14.6. The molecule has 2 rings (SSSR count). The van der Waals surface area contributed by atoms with Crippen LogP contribution >= 0.6 is 15.9 Å². The molecule has 0 unspecified atom stereocenters. The second-order valence-electron chi connectivity index (χ2n) is 6.54. The van der Waals surface area contributed by atoms with Crippen LogP contribution in [0.25, 0.3) is 0 Å². The van der Waals surface area contributed by atoms with Gasteiger partial charge in [-0.25, -0.2) is 13.6 Å². The Morgan fingerprint density at radius 1 is 1.36 bits per heavy atom. The number of benzene rings is 1. The van der Waals surface area contributed by atoms with E-state index in [1.165, 1.54) is 6.07 Å². The number of rotatable bonds is 5. The predicted molar refractivity (Wildman–Crippen MR) is 99.1 cm³/mol. The van der Waals surface area contributed by atoms with Gasteiger partial charge in [0.25, 0.3) is 5.91 Å². The lowest BCUT2D eigenvalue weighted by Crippen LogP contribution is -2.55. The molecule has 7 nitrogen and oxygen atoms in total. The van der Waals surface area contributed by atoms with Crippen LogP contribution in [0.2, 0.25) is 0 Å². The van der Waals surface area contributed by atoms with Crippen LogP contribution in [0.1, 0.15) is 28.8 Å². The fourth-order valence-electron chi connectivity index (χ4n) is 3.06. The highest BCUT2D eigenvalue weighted by Crippen LogP contribution is 2.27. The van der Waals surface area contributed by atoms with Gasteiger partial charge in [0.1, 0.15) is 0 Å². The summed E-state index contributed by atoms with van der Waals surface area (Å²) < 4.78 is 29.4. The van der Waals surface area contributed by atoms with Crippen molar-refractivity contribution in [2.45, 2.75) is 30.2 Å². The second kappa shape index (κ2) is 7.71. The molecule has 0 aliphatic carbocycles. The fourth-order valence-corrected chi connectivity index (χ4v) is 4.50. The van der Waals surface area contributed by atoms with Gasteiger partial charge < -0.3 is 15.0 Å². The molecule has 0 aromatic heterocycles. The van der Waals surface area contributed by atoms with Crippen LogP contribution < -0.4 is 10.5 Å².